The number of aryl methyl sites for hydroxylation is 1. The van der Waals surface area contributed by atoms with E-state index in [1.165, 1.54) is 6.33 Å². The van der Waals surface area contributed by atoms with Crippen LogP contribution in [0, 0.1) is 0 Å². The summed E-state index contributed by atoms with van der Waals surface area (Å²) < 4.78 is 12.4. The Balaban J connectivity index is 1.27. The fourth-order valence-corrected chi connectivity index (χ4v) is 4.27. The normalized spacial score (nSPS) is 10.6. The average molecular weight is 479 g/mol. The third-order valence-corrected chi connectivity index (χ3v) is 6.17. The summed E-state index contributed by atoms with van der Waals surface area (Å²) in [7, 11) is 3.22. The molecule has 10 heteroatoms. The number of carbonyl (C=O) groups excluding carboxylic acids is 1. The number of hydrogen-bond acceptors (Lipinski definition) is 8. The van der Waals surface area contributed by atoms with Crippen LogP contribution in [0.1, 0.15) is 16.9 Å². The second-order valence-corrected chi connectivity index (χ2v) is 8.40. The molecule has 4 rings (SSSR count). The maximum Gasteiger partial charge on any atom is 0.220 e. The van der Waals surface area contributed by atoms with Crippen LogP contribution in [0.25, 0.3) is 5.82 Å². The van der Waals surface area contributed by atoms with E-state index in [2.05, 4.69) is 25.6 Å². The minimum atomic E-state index is 0.0178. The lowest BCUT2D eigenvalue weighted by molar-refractivity contribution is -0.121. The maximum atomic E-state index is 12.4. The molecule has 0 radical (unpaired) electrons. The van der Waals surface area contributed by atoms with Crippen LogP contribution in [0.2, 0.25) is 0 Å². The largest absolute Gasteiger partial charge is 0.493 e. The molecule has 0 unspecified atom stereocenters. The van der Waals surface area contributed by atoms with Crippen molar-refractivity contribution >= 4 is 28.7 Å². The number of hydrogen-bond donors (Lipinski definition) is 2. The molecule has 176 valence electrons. The molecule has 3 aromatic heterocycles. The van der Waals surface area contributed by atoms with Gasteiger partial charge in [0.2, 0.25) is 5.91 Å². The first kappa shape index (κ1) is 23.2. The van der Waals surface area contributed by atoms with E-state index in [-0.39, 0.29) is 5.91 Å². The highest BCUT2D eigenvalue weighted by molar-refractivity contribution is 7.10. The van der Waals surface area contributed by atoms with Crippen molar-refractivity contribution in [1.82, 2.24) is 24.8 Å². The number of carbonyl (C=O) groups is 1. The Morgan fingerprint density at radius 3 is 2.76 bits per heavy atom. The molecule has 0 aliphatic carbocycles. The molecule has 0 saturated carbocycles. The number of methoxy groups -OCH3 is 2. The first-order chi connectivity index (χ1) is 16.7. The lowest BCUT2D eigenvalue weighted by Crippen LogP contribution is -2.25. The van der Waals surface area contributed by atoms with Crippen LogP contribution in [0.4, 0.5) is 11.5 Å². The van der Waals surface area contributed by atoms with Crippen LogP contribution < -0.4 is 20.1 Å². The Hall–Kier alpha value is -3.92. The Bertz CT molecular complexity index is 1230. The van der Waals surface area contributed by atoms with Gasteiger partial charge in [0, 0.05) is 36.3 Å². The number of aromatic nitrogens is 4. The van der Waals surface area contributed by atoms with E-state index in [0.717, 1.165) is 21.9 Å². The van der Waals surface area contributed by atoms with Crippen LogP contribution in [-0.2, 0) is 17.6 Å². The molecule has 1 amide bonds. The van der Waals surface area contributed by atoms with Crippen LogP contribution >= 0.6 is 11.3 Å². The molecule has 9 nitrogen and oxygen atoms in total. The Kier molecular flexibility index (Phi) is 7.71. The zero-order valence-electron chi connectivity index (χ0n) is 19.0. The molecule has 0 fully saturated rings. The summed E-state index contributed by atoms with van der Waals surface area (Å²) in [6, 6.07) is 9.62. The van der Waals surface area contributed by atoms with Gasteiger partial charge in [-0.15, -0.1) is 11.3 Å². The summed E-state index contributed by atoms with van der Waals surface area (Å²) in [5.74, 6) is 2.79. The second-order valence-electron chi connectivity index (χ2n) is 7.40. The van der Waals surface area contributed by atoms with Gasteiger partial charge in [0.25, 0.3) is 0 Å². The van der Waals surface area contributed by atoms with E-state index in [1.807, 2.05) is 46.5 Å². The van der Waals surface area contributed by atoms with Crippen molar-refractivity contribution in [1.29, 1.82) is 0 Å². The number of benzene rings is 1. The Morgan fingerprint density at radius 1 is 1.09 bits per heavy atom. The van der Waals surface area contributed by atoms with E-state index in [9.17, 15) is 4.79 Å². The van der Waals surface area contributed by atoms with Gasteiger partial charge in [-0.05, 0) is 42.0 Å². The fourth-order valence-electron chi connectivity index (χ4n) is 3.43. The number of thiophene rings is 1. The van der Waals surface area contributed by atoms with Crippen molar-refractivity contribution in [2.24, 2.45) is 0 Å². The van der Waals surface area contributed by atoms with E-state index < -0.39 is 0 Å². The number of amides is 1. The third-order valence-electron chi connectivity index (χ3n) is 5.19. The number of nitrogens with one attached hydrogen (secondary N) is 2. The molecule has 0 aliphatic rings. The minimum absolute atomic E-state index is 0.0178. The predicted octanol–water partition coefficient (Wildman–Crippen LogP) is 3.78. The van der Waals surface area contributed by atoms with Gasteiger partial charge in [0.1, 0.15) is 24.3 Å². The van der Waals surface area contributed by atoms with Gasteiger partial charge in [0.05, 0.1) is 19.9 Å². The molecule has 0 spiro atoms. The van der Waals surface area contributed by atoms with Gasteiger partial charge in [-0.3, -0.25) is 9.36 Å². The van der Waals surface area contributed by atoms with Gasteiger partial charge in [-0.2, -0.15) is 0 Å². The standard InChI is InChI=1S/C24H26N6O3S/c1-32-19-4-3-17(13-20(19)33-2)7-9-26-24(31)6-5-21-18(8-12-34-21)29-22-14-23(28-15-27-22)30-11-10-25-16-30/h3-4,8,10-16H,5-7,9H2,1-2H3,(H,26,31)(H,27,28,29). The molecule has 3 heterocycles. The van der Waals surface area contributed by atoms with Gasteiger partial charge >= 0.3 is 0 Å². The Morgan fingerprint density at radius 2 is 1.97 bits per heavy atom. The minimum Gasteiger partial charge on any atom is -0.493 e. The van der Waals surface area contributed by atoms with Gasteiger partial charge in [-0.1, -0.05) is 6.07 Å². The number of imidazole rings is 1. The van der Waals surface area contributed by atoms with Crippen LogP contribution in [0.3, 0.4) is 0 Å². The number of rotatable bonds is 11. The fraction of sp³-hybridized carbons (Fsp3) is 0.250. The number of anilines is 2. The van der Waals surface area contributed by atoms with E-state index in [0.29, 0.717) is 43.1 Å². The highest BCUT2D eigenvalue weighted by atomic mass is 32.1. The summed E-state index contributed by atoms with van der Waals surface area (Å²) in [6.45, 7) is 0.557. The smallest absolute Gasteiger partial charge is 0.220 e. The molecule has 34 heavy (non-hydrogen) atoms. The summed E-state index contributed by atoms with van der Waals surface area (Å²) in [5.41, 5.74) is 2.01. The van der Waals surface area contributed by atoms with Crippen LogP contribution in [0.15, 0.2) is 60.8 Å². The summed E-state index contributed by atoms with van der Waals surface area (Å²) in [6.07, 6.45) is 8.48. The first-order valence-corrected chi connectivity index (χ1v) is 11.7. The van der Waals surface area contributed by atoms with E-state index in [1.54, 1.807) is 38.1 Å². The molecule has 0 atom stereocenters. The lowest BCUT2D eigenvalue weighted by Gasteiger charge is -2.10. The second kappa shape index (κ2) is 11.3. The van der Waals surface area contributed by atoms with Crippen molar-refractivity contribution in [3.8, 4) is 17.3 Å². The van der Waals surface area contributed by atoms with E-state index >= 15 is 0 Å². The molecular weight excluding hydrogens is 452 g/mol. The molecular formula is C24H26N6O3S. The van der Waals surface area contributed by atoms with Crippen LogP contribution in [-0.4, -0.2) is 46.2 Å². The van der Waals surface area contributed by atoms with Crippen LogP contribution in [0.5, 0.6) is 11.5 Å². The summed E-state index contributed by atoms with van der Waals surface area (Å²) in [5, 5.41) is 8.34. The van der Waals surface area contributed by atoms with Crippen molar-refractivity contribution in [2.75, 3.05) is 26.1 Å². The molecule has 0 saturated heterocycles. The lowest BCUT2D eigenvalue weighted by atomic mass is 10.1. The molecule has 0 aliphatic heterocycles. The maximum absolute atomic E-state index is 12.4. The SMILES string of the molecule is COc1ccc(CCNC(=O)CCc2sccc2Nc2cc(-n3ccnc3)ncn2)cc1OC. The van der Waals surface area contributed by atoms with Gasteiger partial charge in [0.15, 0.2) is 11.5 Å². The van der Waals surface area contributed by atoms with Gasteiger partial charge < -0.3 is 20.1 Å². The molecule has 0 bridgehead atoms. The molecule has 2 N–H and O–H groups in total. The number of nitrogens with zero attached hydrogens (tertiary/aromatic N) is 4. The summed E-state index contributed by atoms with van der Waals surface area (Å²) in [4.78, 5) is 26.1. The van der Waals surface area contributed by atoms with Crippen molar-refractivity contribution in [3.63, 3.8) is 0 Å². The number of ether oxygens (including phenoxy) is 2. The van der Waals surface area contributed by atoms with Crippen molar-refractivity contribution in [3.05, 3.63) is 71.2 Å². The van der Waals surface area contributed by atoms with Crippen molar-refractivity contribution < 1.29 is 14.3 Å². The van der Waals surface area contributed by atoms with Gasteiger partial charge in [-0.25, -0.2) is 15.0 Å². The highest BCUT2D eigenvalue weighted by Gasteiger charge is 2.10. The molecule has 1 aromatic carbocycles. The predicted molar refractivity (Wildman–Crippen MR) is 131 cm³/mol. The zero-order chi connectivity index (χ0) is 23.8. The van der Waals surface area contributed by atoms with Crippen molar-refractivity contribution in [2.45, 2.75) is 19.3 Å². The summed E-state index contributed by atoms with van der Waals surface area (Å²) >= 11 is 1.61. The highest BCUT2D eigenvalue weighted by Crippen LogP contribution is 2.28. The average Bonchev–Trinajstić information content (AvgIpc) is 3.55. The molecule has 4 aromatic rings. The van der Waals surface area contributed by atoms with E-state index in [4.69, 9.17) is 9.47 Å². The zero-order valence-corrected chi connectivity index (χ0v) is 19.8. The quantitative estimate of drug-likeness (QED) is 0.338. The first-order valence-electron chi connectivity index (χ1n) is 10.8. The topological polar surface area (TPSA) is 103 Å². The Labute approximate surface area is 201 Å². The monoisotopic (exact) mass is 478 g/mol. The third kappa shape index (κ3) is 5.90.